The molecule has 0 aliphatic rings. The number of nitrogens with one attached hydrogen (secondary N) is 1. The van der Waals surface area contributed by atoms with Gasteiger partial charge in [-0.2, -0.15) is 0 Å². The van der Waals surface area contributed by atoms with Crippen LogP contribution in [0, 0.1) is 0 Å². The highest BCUT2D eigenvalue weighted by Gasteiger charge is 2.26. The molecule has 0 saturated heterocycles. The van der Waals surface area contributed by atoms with Gasteiger partial charge in [-0.3, -0.25) is 0 Å². The normalized spacial score (nSPS) is 16.0. The molecular weight excluding hydrogens is 188 g/mol. The third-order valence-electron chi connectivity index (χ3n) is 2.83. The van der Waals surface area contributed by atoms with Crippen LogP contribution in [0.25, 0.3) is 0 Å². The highest BCUT2D eigenvalue weighted by molar-refractivity contribution is 4.87. The number of aliphatic hydroxyl groups is 1. The van der Waals surface area contributed by atoms with Crippen LogP contribution in [-0.2, 0) is 0 Å². The zero-order chi connectivity index (χ0) is 11.9. The Kier molecular flexibility index (Phi) is 7.14. The highest BCUT2D eigenvalue weighted by Crippen LogP contribution is 2.18. The van der Waals surface area contributed by atoms with Crippen molar-refractivity contribution in [2.45, 2.75) is 51.6 Å². The fourth-order valence-electron chi connectivity index (χ4n) is 1.93. The number of rotatable bonds is 8. The van der Waals surface area contributed by atoms with Crippen LogP contribution in [-0.4, -0.2) is 48.8 Å². The lowest BCUT2D eigenvalue weighted by molar-refractivity contribution is 0.132. The molecule has 0 rings (SSSR count). The summed E-state index contributed by atoms with van der Waals surface area (Å²) in [6.07, 6.45) is 3.15. The smallest absolute Gasteiger partial charge is 0.0613 e. The average Bonchev–Trinajstić information content (AvgIpc) is 2.15. The van der Waals surface area contributed by atoms with Gasteiger partial charge in [-0.1, -0.05) is 20.8 Å². The molecule has 0 radical (unpaired) electrons. The van der Waals surface area contributed by atoms with Gasteiger partial charge in [0.05, 0.1) is 6.61 Å². The lowest BCUT2D eigenvalue weighted by Crippen LogP contribution is -2.51. The first-order chi connectivity index (χ1) is 6.95. The van der Waals surface area contributed by atoms with Gasteiger partial charge in [0.1, 0.15) is 0 Å². The van der Waals surface area contributed by atoms with Crippen LogP contribution in [0.4, 0.5) is 0 Å². The molecule has 92 valence electrons. The first-order valence-corrected chi connectivity index (χ1v) is 5.99. The summed E-state index contributed by atoms with van der Waals surface area (Å²) in [5.41, 5.74) is -0.0792. The van der Waals surface area contributed by atoms with E-state index in [0.717, 1.165) is 25.8 Å². The number of nitrogens with zero attached hydrogens (tertiary/aromatic N) is 1. The Hall–Kier alpha value is -0.120. The van der Waals surface area contributed by atoms with Crippen molar-refractivity contribution in [2.24, 2.45) is 0 Å². The Labute approximate surface area is 94.9 Å². The quantitative estimate of drug-likeness (QED) is 0.645. The molecule has 2 N–H and O–H groups in total. The molecular formula is C12H28N2O. The Balaban J connectivity index is 4.11. The van der Waals surface area contributed by atoms with Crippen LogP contribution in [0.2, 0.25) is 0 Å². The summed E-state index contributed by atoms with van der Waals surface area (Å²) < 4.78 is 0. The van der Waals surface area contributed by atoms with E-state index in [1.54, 1.807) is 0 Å². The van der Waals surface area contributed by atoms with Gasteiger partial charge in [-0.05, 0) is 39.9 Å². The molecule has 3 heteroatoms. The van der Waals surface area contributed by atoms with Gasteiger partial charge in [0.15, 0.2) is 0 Å². The molecule has 0 aromatic carbocycles. The zero-order valence-electron chi connectivity index (χ0n) is 11.0. The van der Waals surface area contributed by atoms with Crippen molar-refractivity contribution < 1.29 is 5.11 Å². The van der Waals surface area contributed by atoms with E-state index >= 15 is 0 Å². The zero-order valence-corrected chi connectivity index (χ0v) is 11.0. The Morgan fingerprint density at radius 3 is 2.27 bits per heavy atom. The van der Waals surface area contributed by atoms with E-state index in [9.17, 15) is 5.11 Å². The molecule has 0 aliphatic heterocycles. The van der Waals surface area contributed by atoms with Crippen LogP contribution < -0.4 is 5.32 Å². The second-order valence-corrected chi connectivity index (χ2v) is 5.00. The molecule has 0 aromatic rings. The molecule has 0 spiro atoms. The molecule has 0 bridgehead atoms. The Morgan fingerprint density at radius 1 is 1.33 bits per heavy atom. The maximum absolute atomic E-state index is 9.51. The van der Waals surface area contributed by atoms with Crippen molar-refractivity contribution in [3.05, 3.63) is 0 Å². The molecule has 15 heavy (non-hydrogen) atoms. The number of hydrogen-bond acceptors (Lipinski definition) is 3. The SMILES string of the molecule is CCC(CO)(CCCN(C)C)NC(C)C. The summed E-state index contributed by atoms with van der Waals surface area (Å²) >= 11 is 0. The second-order valence-electron chi connectivity index (χ2n) is 5.00. The number of aliphatic hydroxyl groups excluding tert-OH is 1. The Morgan fingerprint density at radius 2 is 1.93 bits per heavy atom. The first-order valence-electron chi connectivity index (χ1n) is 5.99. The predicted molar refractivity (Wildman–Crippen MR) is 66.2 cm³/mol. The minimum absolute atomic E-state index is 0.0792. The largest absolute Gasteiger partial charge is 0.394 e. The van der Waals surface area contributed by atoms with E-state index in [2.05, 4.69) is 45.1 Å². The Bertz CT molecular complexity index is 154. The summed E-state index contributed by atoms with van der Waals surface area (Å²) in [4.78, 5) is 2.19. The predicted octanol–water partition coefficient (Wildman–Crippen LogP) is 1.47. The van der Waals surface area contributed by atoms with E-state index in [0.29, 0.717) is 6.04 Å². The van der Waals surface area contributed by atoms with Crippen molar-refractivity contribution in [1.29, 1.82) is 0 Å². The van der Waals surface area contributed by atoms with Crippen molar-refractivity contribution in [2.75, 3.05) is 27.2 Å². The van der Waals surface area contributed by atoms with Gasteiger partial charge in [0.25, 0.3) is 0 Å². The molecule has 0 aliphatic carbocycles. The first kappa shape index (κ1) is 14.9. The van der Waals surface area contributed by atoms with Gasteiger partial charge in [-0.15, -0.1) is 0 Å². The molecule has 1 unspecified atom stereocenters. The van der Waals surface area contributed by atoms with E-state index in [1.807, 2.05) is 0 Å². The number of hydrogen-bond donors (Lipinski definition) is 2. The van der Waals surface area contributed by atoms with Crippen LogP contribution in [0.3, 0.4) is 0 Å². The van der Waals surface area contributed by atoms with E-state index in [1.165, 1.54) is 0 Å². The molecule has 0 fully saturated rings. The average molecular weight is 216 g/mol. The molecule has 3 nitrogen and oxygen atoms in total. The van der Waals surface area contributed by atoms with Gasteiger partial charge in [-0.25, -0.2) is 0 Å². The molecule has 0 aromatic heterocycles. The van der Waals surface area contributed by atoms with Crippen molar-refractivity contribution in [3.8, 4) is 0 Å². The third-order valence-corrected chi connectivity index (χ3v) is 2.83. The van der Waals surface area contributed by atoms with Crippen molar-refractivity contribution in [1.82, 2.24) is 10.2 Å². The van der Waals surface area contributed by atoms with E-state index in [4.69, 9.17) is 0 Å². The van der Waals surface area contributed by atoms with Crippen LogP contribution in [0.15, 0.2) is 0 Å². The fraction of sp³-hybridized carbons (Fsp3) is 1.00. The van der Waals surface area contributed by atoms with Gasteiger partial charge < -0.3 is 15.3 Å². The summed E-state index contributed by atoms with van der Waals surface area (Å²) in [5.74, 6) is 0. The van der Waals surface area contributed by atoms with Crippen LogP contribution in [0.5, 0.6) is 0 Å². The lowest BCUT2D eigenvalue weighted by atomic mass is 9.90. The molecule has 0 heterocycles. The molecule has 0 amide bonds. The summed E-state index contributed by atoms with van der Waals surface area (Å²) in [6.45, 7) is 7.72. The highest BCUT2D eigenvalue weighted by atomic mass is 16.3. The lowest BCUT2D eigenvalue weighted by Gasteiger charge is -2.34. The summed E-state index contributed by atoms with van der Waals surface area (Å²) in [6, 6.07) is 0.427. The van der Waals surface area contributed by atoms with E-state index in [-0.39, 0.29) is 12.1 Å². The van der Waals surface area contributed by atoms with Crippen LogP contribution >= 0.6 is 0 Å². The van der Waals surface area contributed by atoms with E-state index < -0.39 is 0 Å². The fourth-order valence-corrected chi connectivity index (χ4v) is 1.93. The van der Waals surface area contributed by atoms with Gasteiger partial charge in [0.2, 0.25) is 0 Å². The van der Waals surface area contributed by atoms with Gasteiger partial charge in [0, 0.05) is 11.6 Å². The molecule has 1 atom stereocenters. The van der Waals surface area contributed by atoms with Crippen molar-refractivity contribution in [3.63, 3.8) is 0 Å². The van der Waals surface area contributed by atoms with Crippen molar-refractivity contribution >= 4 is 0 Å². The minimum Gasteiger partial charge on any atom is -0.394 e. The molecule has 0 saturated carbocycles. The minimum atomic E-state index is -0.0792. The second kappa shape index (κ2) is 7.20. The van der Waals surface area contributed by atoms with Gasteiger partial charge >= 0.3 is 0 Å². The standard InChI is InChI=1S/C12H28N2O/c1-6-12(10-15,13-11(2)3)8-7-9-14(4)5/h11,13,15H,6-10H2,1-5H3. The maximum atomic E-state index is 9.51. The summed E-state index contributed by atoms with van der Waals surface area (Å²) in [7, 11) is 4.17. The monoisotopic (exact) mass is 216 g/mol. The summed E-state index contributed by atoms with van der Waals surface area (Å²) in [5, 5.41) is 13.0. The third kappa shape index (κ3) is 6.13. The van der Waals surface area contributed by atoms with Crippen LogP contribution in [0.1, 0.15) is 40.0 Å². The topological polar surface area (TPSA) is 35.5 Å². The maximum Gasteiger partial charge on any atom is 0.0613 e.